The first-order valence-electron chi connectivity index (χ1n) is 10.1. The average Bonchev–Trinajstić information content (AvgIpc) is 3.42. The highest BCUT2D eigenvalue weighted by molar-refractivity contribution is 6.22. The first-order chi connectivity index (χ1) is 14.5. The molecule has 2 N–H and O–H groups in total. The Kier molecular flexibility index (Phi) is 4.20. The molecule has 5 rings (SSSR count). The molecule has 2 saturated carbocycles. The van der Waals surface area contributed by atoms with Gasteiger partial charge in [-0.1, -0.05) is 12.1 Å². The molecule has 2 aliphatic carbocycles. The minimum absolute atomic E-state index is 0.00287. The molecule has 0 unspecified atom stereocenters. The lowest BCUT2D eigenvalue weighted by Gasteiger charge is -2.19. The Morgan fingerprint density at radius 2 is 1.50 bits per heavy atom. The zero-order chi connectivity index (χ0) is 21.0. The first kappa shape index (κ1) is 18.5. The second-order valence-corrected chi connectivity index (χ2v) is 8.25. The van der Waals surface area contributed by atoms with Gasteiger partial charge in [0.05, 0.1) is 28.8 Å². The summed E-state index contributed by atoms with van der Waals surface area (Å²) in [5.74, 6) is -1.58. The second-order valence-electron chi connectivity index (χ2n) is 8.25. The van der Waals surface area contributed by atoms with Crippen molar-refractivity contribution in [3.8, 4) is 0 Å². The number of aromatic carboxylic acids is 1. The van der Waals surface area contributed by atoms with E-state index < -0.39 is 11.9 Å². The number of nitrogens with zero attached hydrogens (tertiary/aromatic N) is 1. The Hall–Kier alpha value is -3.48. The summed E-state index contributed by atoms with van der Waals surface area (Å²) in [4.78, 5) is 51.0. The van der Waals surface area contributed by atoms with Crippen LogP contribution in [0.4, 0.5) is 11.4 Å². The van der Waals surface area contributed by atoms with E-state index in [9.17, 15) is 24.3 Å². The maximum atomic E-state index is 12.9. The van der Waals surface area contributed by atoms with E-state index in [4.69, 9.17) is 0 Å². The summed E-state index contributed by atoms with van der Waals surface area (Å²) in [7, 11) is 0. The van der Waals surface area contributed by atoms with Crippen molar-refractivity contribution in [1.29, 1.82) is 0 Å². The molecule has 2 aromatic carbocycles. The van der Waals surface area contributed by atoms with E-state index in [1.54, 1.807) is 24.3 Å². The number of hydrogen-bond donors (Lipinski definition) is 2. The number of imide groups is 1. The van der Waals surface area contributed by atoms with Gasteiger partial charge in [0.2, 0.25) is 11.8 Å². The molecular formula is C23H20N2O5. The van der Waals surface area contributed by atoms with Crippen molar-refractivity contribution < 1.29 is 24.3 Å². The molecule has 7 nitrogen and oxygen atoms in total. The van der Waals surface area contributed by atoms with Crippen molar-refractivity contribution in [3.05, 3.63) is 59.7 Å². The fourth-order valence-electron chi connectivity index (χ4n) is 5.40. The van der Waals surface area contributed by atoms with Crippen molar-refractivity contribution in [2.24, 2.45) is 23.7 Å². The van der Waals surface area contributed by atoms with Crippen LogP contribution in [0.3, 0.4) is 0 Å². The van der Waals surface area contributed by atoms with Crippen LogP contribution in [0.15, 0.2) is 48.5 Å². The molecule has 0 spiro atoms. The summed E-state index contributed by atoms with van der Waals surface area (Å²) in [6, 6.07) is 12.4. The van der Waals surface area contributed by atoms with E-state index in [0.717, 1.165) is 19.3 Å². The molecule has 0 radical (unpaired) electrons. The zero-order valence-corrected chi connectivity index (χ0v) is 16.1. The third-order valence-electron chi connectivity index (χ3n) is 6.72. The summed E-state index contributed by atoms with van der Waals surface area (Å²) < 4.78 is 0. The SMILES string of the molecule is O=C(Nc1ccccc1C(=O)O)c1ccc(N2C(=O)[C@@H]3[C@H]4CC[C@@H](C4)[C@H]3C2=O)cc1. The summed E-state index contributed by atoms with van der Waals surface area (Å²) in [5.41, 5.74) is 0.976. The number of fused-ring (bicyclic) bond motifs is 5. The number of anilines is 2. The van der Waals surface area contributed by atoms with Gasteiger partial charge in [-0.15, -0.1) is 0 Å². The van der Waals surface area contributed by atoms with Gasteiger partial charge in [0.25, 0.3) is 5.91 Å². The standard InChI is InChI=1S/C23H20N2O5/c26-20(24-17-4-2-1-3-16(17)23(29)30)12-7-9-15(10-8-12)25-21(27)18-13-5-6-14(11-13)19(18)22(25)28/h1-4,7-10,13-14,18-19H,5-6,11H2,(H,24,26)(H,29,30)/t13-,14-,18+,19+/m0/s1. The number of para-hydroxylation sites is 1. The summed E-state index contributed by atoms with van der Waals surface area (Å²) in [5, 5.41) is 11.8. The molecule has 1 aliphatic heterocycles. The van der Waals surface area contributed by atoms with Gasteiger partial charge >= 0.3 is 5.97 Å². The topological polar surface area (TPSA) is 104 Å². The van der Waals surface area contributed by atoms with E-state index >= 15 is 0 Å². The monoisotopic (exact) mass is 404 g/mol. The lowest BCUT2D eigenvalue weighted by molar-refractivity contribution is -0.123. The average molecular weight is 404 g/mol. The van der Waals surface area contributed by atoms with Crippen LogP contribution in [0.1, 0.15) is 40.0 Å². The largest absolute Gasteiger partial charge is 0.478 e. The Bertz CT molecular complexity index is 1050. The molecule has 3 aliphatic rings. The zero-order valence-electron chi connectivity index (χ0n) is 16.1. The number of carboxylic acid groups (broad SMARTS) is 1. The third-order valence-corrected chi connectivity index (χ3v) is 6.72. The van der Waals surface area contributed by atoms with Crippen LogP contribution in [0.5, 0.6) is 0 Å². The molecule has 3 amide bonds. The lowest BCUT2D eigenvalue weighted by Crippen LogP contribution is -2.32. The number of hydrogen-bond acceptors (Lipinski definition) is 4. The molecule has 152 valence electrons. The van der Waals surface area contributed by atoms with Gasteiger partial charge in [0, 0.05) is 5.56 Å². The second kappa shape index (κ2) is 6.79. The minimum Gasteiger partial charge on any atom is -0.478 e. The maximum Gasteiger partial charge on any atom is 0.337 e. The van der Waals surface area contributed by atoms with Crippen LogP contribution in [0.25, 0.3) is 0 Å². The molecule has 0 aromatic heterocycles. The molecule has 1 saturated heterocycles. The minimum atomic E-state index is -1.13. The highest BCUT2D eigenvalue weighted by Gasteiger charge is 2.61. The van der Waals surface area contributed by atoms with E-state index in [-0.39, 0.29) is 34.9 Å². The Labute approximate surface area is 172 Å². The normalized spacial score (nSPS) is 26.7. The number of carbonyl (C=O) groups excluding carboxylic acids is 3. The molecule has 3 fully saturated rings. The third kappa shape index (κ3) is 2.73. The Morgan fingerprint density at radius 1 is 0.900 bits per heavy atom. The van der Waals surface area contributed by atoms with Crippen molar-refractivity contribution in [2.75, 3.05) is 10.2 Å². The van der Waals surface area contributed by atoms with Crippen LogP contribution in [0, 0.1) is 23.7 Å². The fourth-order valence-corrected chi connectivity index (χ4v) is 5.40. The van der Waals surface area contributed by atoms with Gasteiger partial charge in [-0.2, -0.15) is 0 Å². The van der Waals surface area contributed by atoms with Gasteiger partial charge in [-0.05, 0) is 67.5 Å². The highest BCUT2D eigenvalue weighted by Crippen LogP contribution is 2.56. The van der Waals surface area contributed by atoms with Gasteiger partial charge in [-0.3, -0.25) is 19.3 Å². The fraction of sp³-hybridized carbons (Fsp3) is 0.304. The van der Waals surface area contributed by atoms with Gasteiger partial charge < -0.3 is 10.4 Å². The predicted octanol–water partition coefficient (Wildman–Crippen LogP) is 3.17. The van der Waals surface area contributed by atoms with Gasteiger partial charge in [0.1, 0.15) is 0 Å². The Morgan fingerprint density at radius 3 is 2.10 bits per heavy atom. The molecule has 7 heteroatoms. The molecular weight excluding hydrogens is 384 g/mol. The quantitative estimate of drug-likeness (QED) is 0.762. The van der Waals surface area contributed by atoms with Crippen molar-refractivity contribution in [2.45, 2.75) is 19.3 Å². The van der Waals surface area contributed by atoms with Crippen molar-refractivity contribution >= 4 is 35.1 Å². The van der Waals surface area contributed by atoms with E-state index in [0.29, 0.717) is 23.1 Å². The van der Waals surface area contributed by atoms with Crippen molar-refractivity contribution in [3.63, 3.8) is 0 Å². The number of carboxylic acids is 1. The highest BCUT2D eigenvalue weighted by atomic mass is 16.4. The van der Waals surface area contributed by atoms with E-state index in [1.165, 1.54) is 29.2 Å². The van der Waals surface area contributed by atoms with E-state index in [2.05, 4.69) is 5.32 Å². The predicted molar refractivity (Wildman–Crippen MR) is 108 cm³/mol. The van der Waals surface area contributed by atoms with Crippen LogP contribution >= 0.6 is 0 Å². The number of rotatable bonds is 4. The molecule has 1 heterocycles. The number of benzene rings is 2. The van der Waals surface area contributed by atoms with Gasteiger partial charge in [-0.25, -0.2) is 4.79 Å². The molecule has 4 atom stereocenters. The number of amides is 3. The van der Waals surface area contributed by atoms with E-state index in [1.807, 2.05) is 0 Å². The molecule has 2 aromatic rings. The van der Waals surface area contributed by atoms with Crippen LogP contribution < -0.4 is 10.2 Å². The lowest BCUT2D eigenvalue weighted by atomic mass is 9.81. The number of nitrogens with one attached hydrogen (secondary N) is 1. The van der Waals surface area contributed by atoms with Crippen LogP contribution in [0.2, 0.25) is 0 Å². The smallest absolute Gasteiger partial charge is 0.337 e. The summed E-state index contributed by atoms with van der Waals surface area (Å²) in [6.07, 6.45) is 3.03. The maximum absolute atomic E-state index is 12.9. The van der Waals surface area contributed by atoms with Gasteiger partial charge in [0.15, 0.2) is 0 Å². The van der Waals surface area contributed by atoms with Crippen LogP contribution in [-0.4, -0.2) is 28.8 Å². The molecule has 2 bridgehead atoms. The molecule has 30 heavy (non-hydrogen) atoms. The van der Waals surface area contributed by atoms with Crippen molar-refractivity contribution in [1.82, 2.24) is 0 Å². The first-order valence-corrected chi connectivity index (χ1v) is 10.1. The summed E-state index contributed by atoms with van der Waals surface area (Å²) >= 11 is 0. The Balaban J connectivity index is 1.35. The summed E-state index contributed by atoms with van der Waals surface area (Å²) in [6.45, 7) is 0. The van der Waals surface area contributed by atoms with Crippen LogP contribution in [-0.2, 0) is 9.59 Å². The number of carbonyl (C=O) groups is 4.